The summed E-state index contributed by atoms with van der Waals surface area (Å²) < 4.78 is 55.9. The molecule has 2 aromatic heterocycles. The van der Waals surface area contributed by atoms with E-state index in [1.165, 1.54) is 11.3 Å². The first kappa shape index (κ1) is 30.4. The SMILES string of the molecule is Cc1ccsc1C(Nc1ccc2c(N)nccc2c1)C(=O)NCc1ccccc1S(C)(=O)=O.O=C(O)C(F)(F)F. The third-order valence-corrected chi connectivity index (χ3v) is 7.88. The van der Waals surface area contributed by atoms with Crippen LogP contribution in [-0.2, 0) is 26.0 Å². The van der Waals surface area contributed by atoms with E-state index in [2.05, 4.69) is 15.6 Å². The molecule has 5 N–H and O–H groups in total. The zero-order chi connectivity index (χ0) is 29.7. The second-order valence-corrected chi connectivity index (χ2v) is 11.5. The maximum Gasteiger partial charge on any atom is 0.490 e. The van der Waals surface area contributed by atoms with E-state index in [0.717, 1.165) is 33.2 Å². The fourth-order valence-corrected chi connectivity index (χ4v) is 5.60. The number of aliphatic carboxylic acids is 1. The molecule has 14 heteroatoms. The highest BCUT2D eigenvalue weighted by atomic mass is 32.2. The van der Waals surface area contributed by atoms with Crippen LogP contribution in [0.3, 0.4) is 0 Å². The van der Waals surface area contributed by atoms with Crippen LogP contribution in [0.1, 0.15) is 22.0 Å². The van der Waals surface area contributed by atoms with Gasteiger partial charge in [-0.25, -0.2) is 18.2 Å². The number of halogens is 3. The Balaban J connectivity index is 0.000000559. The molecule has 9 nitrogen and oxygen atoms in total. The minimum atomic E-state index is -5.08. The second-order valence-electron chi connectivity index (χ2n) is 8.58. The minimum Gasteiger partial charge on any atom is -0.475 e. The first-order valence-corrected chi connectivity index (χ1v) is 14.3. The number of nitrogens with zero attached hydrogens (tertiary/aromatic N) is 1. The molecule has 1 atom stereocenters. The largest absolute Gasteiger partial charge is 0.490 e. The molecule has 0 saturated heterocycles. The number of nitrogens with one attached hydrogen (secondary N) is 2. The number of sulfone groups is 1. The lowest BCUT2D eigenvalue weighted by atomic mass is 10.1. The second kappa shape index (κ2) is 12.3. The molecule has 0 aliphatic heterocycles. The first-order chi connectivity index (χ1) is 18.7. The Morgan fingerprint density at radius 1 is 1.12 bits per heavy atom. The van der Waals surface area contributed by atoms with Crippen LogP contribution in [0.25, 0.3) is 10.8 Å². The molecular formula is C26H25F3N4O5S2. The van der Waals surface area contributed by atoms with Crippen molar-refractivity contribution in [3.8, 4) is 0 Å². The van der Waals surface area contributed by atoms with Crippen molar-refractivity contribution < 1.29 is 36.3 Å². The predicted molar refractivity (Wildman–Crippen MR) is 147 cm³/mol. The van der Waals surface area contributed by atoms with E-state index in [4.69, 9.17) is 15.6 Å². The average Bonchev–Trinajstić information content (AvgIpc) is 3.30. The highest BCUT2D eigenvalue weighted by Crippen LogP contribution is 2.30. The van der Waals surface area contributed by atoms with Gasteiger partial charge in [-0.15, -0.1) is 11.3 Å². The number of amides is 1. The number of pyridine rings is 1. The Kier molecular flexibility index (Phi) is 9.37. The lowest BCUT2D eigenvalue weighted by Crippen LogP contribution is -2.33. The van der Waals surface area contributed by atoms with E-state index in [1.807, 2.05) is 42.6 Å². The number of carbonyl (C=O) groups is 2. The molecule has 1 amide bonds. The zero-order valence-corrected chi connectivity index (χ0v) is 22.8. The van der Waals surface area contributed by atoms with Gasteiger partial charge in [-0.1, -0.05) is 18.2 Å². The third-order valence-electron chi connectivity index (χ3n) is 5.60. The summed E-state index contributed by atoms with van der Waals surface area (Å²) in [6, 6.07) is 15.5. The molecule has 0 spiro atoms. The van der Waals surface area contributed by atoms with Crippen LogP contribution in [0.5, 0.6) is 0 Å². The van der Waals surface area contributed by atoms with E-state index in [1.54, 1.807) is 30.5 Å². The number of benzene rings is 2. The lowest BCUT2D eigenvalue weighted by molar-refractivity contribution is -0.192. The number of nitrogen functional groups attached to an aromatic ring is 1. The number of carbonyl (C=O) groups excluding carboxylic acids is 1. The number of aryl methyl sites for hydroxylation is 1. The van der Waals surface area contributed by atoms with Gasteiger partial charge in [-0.05, 0) is 65.2 Å². The summed E-state index contributed by atoms with van der Waals surface area (Å²) >= 11 is 1.49. The van der Waals surface area contributed by atoms with E-state index < -0.39 is 28.0 Å². The number of carboxylic acid groups (broad SMARTS) is 1. The Bertz CT molecular complexity index is 1640. The Morgan fingerprint density at radius 3 is 2.40 bits per heavy atom. The number of carboxylic acids is 1. The van der Waals surface area contributed by atoms with Crippen LogP contribution in [0, 0.1) is 6.92 Å². The number of rotatable bonds is 7. The van der Waals surface area contributed by atoms with E-state index >= 15 is 0 Å². The number of aromatic nitrogens is 1. The summed E-state index contributed by atoms with van der Waals surface area (Å²) in [6.45, 7) is 2.06. The van der Waals surface area contributed by atoms with Gasteiger partial charge in [0.05, 0.1) is 4.90 Å². The van der Waals surface area contributed by atoms with Crippen molar-refractivity contribution in [3.05, 3.63) is 82.2 Å². The highest BCUT2D eigenvalue weighted by Gasteiger charge is 2.38. The highest BCUT2D eigenvalue weighted by molar-refractivity contribution is 7.90. The Hall–Kier alpha value is -4.17. The number of nitrogens with two attached hydrogens (primary N) is 1. The van der Waals surface area contributed by atoms with Crippen LogP contribution in [0.4, 0.5) is 24.7 Å². The molecular weight excluding hydrogens is 569 g/mol. The van der Waals surface area contributed by atoms with Crippen LogP contribution >= 0.6 is 11.3 Å². The molecule has 212 valence electrons. The molecule has 1 unspecified atom stereocenters. The van der Waals surface area contributed by atoms with Gasteiger partial charge in [0.1, 0.15) is 11.9 Å². The van der Waals surface area contributed by atoms with Crippen LogP contribution in [0.2, 0.25) is 0 Å². The van der Waals surface area contributed by atoms with Crippen molar-refractivity contribution in [1.29, 1.82) is 0 Å². The van der Waals surface area contributed by atoms with Crippen molar-refractivity contribution in [2.24, 2.45) is 0 Å². The van der Waals surface area contributed by atoms with E-state index in [-0.39, 0.29) is 17.3 Å². The van der Waals surface area contributed by atoms with Crippen molar-refractivity contribution in [2.75, 3.05) is 17.3 Å². The number of thiophene rings is 1. The van der Waals surface area contributed by atoms with Gasteiger partial charge >= 0.3 is 12.1 Å². The molecule has 0 saturated carbocycles. The number of hydrogen-bond acceptors (Lipinski definition) is 8. The molecule has 0 bridgehead atoms. The number of alkyl halides is 3. The Labute approximate surface area is 231 Å². The van der Waals surface area contributed by atoms with Gasteiger partial charge < -0.3 is 21.5 Å². The van der Waals surface area contributed by atoms with Crippen molar-refractivity contribution in [2.45, 2.75) is 30.6 Å². The molecule has 4 aromatic rings. The van der Waals surface area contributed by atoms with Crippen LogP contribution < -0.4 is 16.4 Å². The van der Waals surface area contributed by atoms with Gasteiger partial charge in [-0.2, -0.15) is 13.2 Å². The fourth-order valence-electron chi connectivity index (χ4n) is 3.68. The number of fused-ring (bicyclic) bond motifs is 1. The van der Waals surface area contributed by atoms with E-state index in [9.17, 15) is 26.4 Å². The maximum atomic E-state index is 13.3. The quantitative estimate of drug-likeness (QED) is 0.241. The molecule has 0 aliphatic rings. The van der Waals surface area contributed by atoms with Gasteiger partial charge in [0.2, 0.25) is 5.91 Å². The first-order valence-electron chi connectivity index (χ1n) is 11.5. The van der Waals surface area contributed by atoms with Gasteiger partial charge in [0.15, 0.2) is 9.84 Å². The van der Waals surface area contributed by atoms with Crippen molar-refractivity contribution in [3.63, 3.8) is 0 Å². The maximum absolute atomic E-state index is 13.3. The number of anilines is 2. The molecule has 0 fully saturated rings. The normalized spacial score (nSPS) is 12.2. The summed E-state index contributed by atoms with van der Waals surface area (Å²) in [5.74, 6) is -2.56. The topological polar surface area (TPSA) is 151 Å². The summed E-state index contributed by atoms with van der Waals surface area (Å²) in [5.41, 5.74) is 8.26. The lowest BCUT2D eigenvalue weighted by Gasteiger charge is -2.20. The van der Waals surface area contributed by atoms with Gasteiger partial charge in [0, 0.05) is 34.9 Å². The summed E-state index contributed by atoms with van der Waals surface area (Å²) in [6.07, 6.45) is -2.27. The zero-order valence-electron chi connectivity index (χ0n) is 21.2. The monoisotopic (exact) mass is 594 g/mol. The van der Waals surface area contributed by atoms with Crippen LogP contribution in [-0.4, -0.2) is 42.8 Å². The summed E-state index contributed by atoms with van der Waals surface area (Å²) in [7, 11) is -3.40. The standard InChI is InChI=1S/C24H24N4O3S2.C2HF3O2/c1-15-10-12-32-22(15)21(28-18-7-8-19-16(13-18)9-11-26-23(19)25)24(29)27-14-17-5-3-4-6-20(17)33(2,30)31;3-2(4,5)1(6)7/h3-13,21,28H,14H2,1-2H3,(H2,25,26)(H,27,29);(H,6,7). The van der Waals surface area contributed by atoms with Gasteiger partial charge in [-0.3, -0.25) is 4.79 Å². The van der Waals surface area contributed by atoms with Crippen LogP contribution in [0.15, 0.2) is 71.1 Å². The molecule has 2 heterocycles. The fraction of sp³-hybridized carbons (Fsp3) is 0.192. The van der Waals surface area contributed by atoms with Gasteiger partial charge in [0.25, 0.3) is 0 Å². The molecule has 0 aliphatic carbocycles. The van der Waals surface area contributed by atoms with E-state index in [0.29, 0.717) is 11.4 Å². The average molecular weight is 595 g/mol. The summed E-state index contributed by atoms with van der Waals surface area (Å²) in [4.78, 5) is 27.4. The summed E-state index contributed by atoms with van der Waals surface area (Å²) in [5, 5.41) is 17.1. The molecule has 4 rings (SSSR count). The third kappa shape index (κ3) is 7.70. The predicted octanol–water partition coefficient (Wildman–Crippen LogP) is 4.69. The molecule has 2 aromatic carbocycles. The smallest absolute Gasteiger partial charge is 0.475 e. The molecule has 0 radical (unpaired) electrons. The van der Waals surface area contributed by atoms with Crippen molar-refractivity contribution >= 4 is 55.3 Å². The van der Waals surface area contributed by atoms with Crippen molar-refractivity contribution in [1.82, 2.24) is 10.3 Å². The number of hydrogen-bond donors (Lipinski definition) is 4. The Morgan fingerprint density at radius 2 is 1.80 bits per heavy atom. The minimum absolute atomic E-state index is 0.102. The molecule has 40 heavy (non-hydrogen) atoms.